The monoisotopic (exact) mass is 295 g/mol. The third-order valence-corrected chi connectivity index (χ3v) is 4.21. The van der Waals surface area contributed by atoms with Gasteiger partial charge in [-0.25, -0.2) is 21.2 Å². The highest BCUT2D eigenvalue weighted by atomic mass is 32.2. The van der Waals surface area contributed by atoms with Gasteiger partial charge in [0.15, 0.2) is 9.84 Å². The molecule has 0 aromatic heterocycles. The number of benzene rings is 1. The van der Waals surface area contributed by atoms with Crippen molar-refractivity contribution in [3.8, 4) is 0 Å². The van der Waals surface area contributed by atoms with Gasteiger partial charge in [-0.1, -0.05) is 0 Å². The second kappa shape index (κ2) is 5.23. The predicted octanol–water partition coefficient (Wildman–Crippen LogP) is 0.686. The van der Waals surface area contributed by atoms with Gasteiger partial charge in [0, 0.05) is 24.7 Å². The number of hydrogen-bond donors (Lipinski definition) is 1. The quantitative estimate of drug-likeness (QED) is 0.864. The van der Waals surface area contributed by atoms with Crippen molar-refractivity contribution in [1.82, 2.24) is 0 Å². The Hall–Kier alpha value is -1.15. The Morgan fingerprint density at radius 1 is 1.17 bits per heavy atom. The summed E-state index contributed by atoms with van der Waals surface area (Å²) in [6.45, 7) is 0.135. The van der Waals surface area contributed by atoms with Gasteiger partial charge < -0.3 is 5.32 Å². The Morgan fingerprint density at radius 2 is 1.78 bits per heavy atom. The molecule has 1 rings (SSSR count). The minimum absolute atomic E-state index is 0.0809. The smallest absolute Gasteiger partial charge is 0.178 e. The lowest BCUT2D eigenvalue weighted by Crippen LogP contribution is -2.14. The largest absolute Gasteiger partial charge is 0.384 e. The molecule has 0 saturated carbocycles. The number of nitrogens with one attached hydrogen (secondary N) is 1. The van der Waals surface area contributed by atoms with Gasteiger partial charge in [-0.2, -0.15) is 0 Å². The standard InChI is InChI=1S/C10H14FNO4S2/c1-17(13,14)6-5-12-8-3-4-10(9(11)7-8)18(2,15)16/h3-4,7,12H,5-6H2,1-2H3. The number of anilines is 1. The fraction of sp³-hybridized carbons (Fsp3) is 0.400. The molecule has 0 aliphatic carbocycles. The van der Waals surface area contributed by atoms with E-state index in [0.29, 0.717) is 5.69 Å². The van der Waals surface area contributed by atoms with E-state index in [4.69, 9.17) is 0 Å². The fourth-order valence-corrected chi connectivity index (χ4v) is 2.49. The van der Waals surface area contributed by atoms with Crippen LogP contribution in [0.25, 0.3) is 0 Å². The van der Waals surface area contributed by atoms with E-state index in [1.807, 2.05) is 0 Å². The summed E-state index contributed by atoms with van der Waals surface area (Å²) in [5.74, 6) is -0.940. The van der Waals surface area contributed by atoms with Gasteiger partial charge in [-0.3, -0.25) is 0 Å². The highest BCUT2D eigenvalue weighted by molar-refractivity contribution is 7.91. The molecule has 8 heteroatoms. The molecule has 102 valence electrons. The Morgan fingerprint density at radius 3 is 2.22 bits per heavy atom. The van der Waals surface area contributed by atoms with Gasteiger partial charge in [-0.15, -0.1) is 0 Å². The first kappa shape index (κ1) is 14.9. The van der Waals surface area contributed by atoms with Gasteiger partial charge in [0.2, 0.25) is 0 Å². The van der Waals surface area contributed by atoms with Crippen LogP contribution in [-0.4, -0.2) is 41.6 Å². The molecule has 0 radical (unpaired) electrons. The van der Waals surface area contributed by atoms with Crippen LogP contribution in [0.3, 0.4) is 0 Å². The third-order valence-electron chi connectivity index (χ3n) is 2.13. The number of sulfone groups is 2. The van der Waals surface area contributed by atoms with Crippen LogP contribution < -0.4 is 5.32 Å². The van der Waals surface area contributed by atoms with Gasteiger partial charge >= 0.3 is 0 Å². The lowest BCUT2D eigenvalue weighted by molar-refractivity contribution is 0.571. The molecule has 0 aliphatic heterocycles. The summed E-state index contributed by atoms with van der Waals surface area (Å²) < 4.78 is 57.6. The van der Waals surface area contributed by atoms with Gasteiger partial charge in [0.1, 0.15) is 20.5 Å². The normalized spacial score (nSPS) is 12.4. The second-order valence-electron chi connectivity index (χ2n) is 3.97. The molecule has 1 aromatic rings. The van der Waals surface area contributed by atoms with Crippen molar-refractivity contribution in [3.05, 3.63) is 24.0 Å². The first-order valence-corrected chi connectivity index (χ1v) is 8.96. The fourth-order valence-electron chi connectivity index (χ4n) is 1.29. The zero-order chi connectivity index (χ0) is 14.0. The lowest BCUT2D eigenvalue weighted by Gasteiger charge is -2.07. The van der Waals surface area contributed by atoms with Crippen LogP contribution in [0.2, 0.25) is 0 Å². The van der Waals surface area contributed by atoms with E-state index in [2.05, 4.69) is 5.32 Å². The molecule has 0 heterocycles. The van der Waals surface area contributed by atoms with Gasteiger partial charge in [0.25, 0.3) is 0 Å². The van der Waals surface area contributed by atoms with Crippen molar-refractivity contribution in [1.29, 1.82) is 0 Å². The SMILES string of the molecule is CS(=O)(=O)CCNc1ccc(S(C)(=O)=O)c(F)c1. The van der Waals surface area contributed by atoms with E-state index in [1.165, 1.54) is 6.07 Å². The van der Waals surface area contributed by atoms with Crippen molar-refractivity contribution >= 4 is 25.4 Å². The highest BCUT2D eigenvalue weighted by Crippen LogP contribution is 2.18. The first-order chi connectivity index (χ1) is 8.09. The van der Waals surface area contributed by atoms with E-state index in [9.17, 15) is 21.2 Å². The topological polar surface area (TPSA) is 80.3 Å². The Labute approximate surface area is 106 Å². The summed E-state index contributed by atoms with van der Waals surface area (Å²) in [6.07, 6.45) is 2.02. The van der Waals surface area contributed by atoms with E-state index >= 15 is 0 Å². The molecule has 0 saturated heterocycles. The maximum Gasteiger partial charge on any atom is 0.178 e. The summed E-state index contributed by atoms with van der Waals surface area (Å²) in [7, 11) is -6.68. The van der Waals surface area contributed by atoms with Crippen molar-refractivity contribution in [3.63, 3.8) is 0 Å². The van der Waals surface area contributed by atoms with E-state index in [-0.39, 0.29) is 17.2 Å². The van der Waals surface area contributed by atoms with Crippen molar-refractivity contribution < 1.29 is 21.2 Å². The number of halogens is 1. The molecule has 0 amide bonds. The van der Waals surface area contributed by atoms with Crippen LogP contribution >= 0.6 is 0 Å². The van der Waals surface area contributed by atoms with E-state index < -0.39 is 25.5 Å². The highest BCUT2D eigenvalue weighted by Gasteiger charge is 2.13. The molecule has 0 fully saturated rings. The maximum atomic E-state index is 13.5. The Bertz CT molecular complexity index is 638. The molecule has 5 nitrogen and oxygen atoms in total. The summed E-state index contributed by atoms with van der Waals surface area (Å²) in [4.78, 5) is -0.379. The van der Waals surface area contributed by atoms with Crippen LogP contribution in [0, 0.1) is 5.82 Å². The van der Waals surface area contributed by atoms with Crippen molar-refractivity contribution in [2.45, 2.75) is 4.90 Å². The van der Waals surface area contributed by atoms with Crippen molar-refractivity contribution in [2.75, 3.05) is 30.1 Å². The Kier molecular flexibility index (Phi) is 4.33. The van der Waals surface area contributed by atoms with Gasteiger partial charge in [0.05, 0.1) is 5.75 Å². The summed E-state index contributed by atoms with van der Waals surface area (Å²) in [5, 5.41) is 2.71. The molecule has 0 unspecified atom stereocenters. The summed E-state index contributed by atoms with van der Waals surface area (Å²) in [5.41, 5.74) is 0.337. The minimum Gasteiger partial charge on any atom is -0.384 e. The molecule has 0 spiro atoms. The minimum atomic E-state index is -3.59. The van der Waals surface area contributed by atoms with Crippen LogP contribution in [0.15, 0.2) is 23.1 Å². The first-order valence-electron chi connectivity index (χ1n) is 5.01. The van der Waals surface area contributed by atoms with Gasteiger partial charge in [-0.05, 0) is 18.2 Å². The van der Waals surface area contributed by atoms with E-state index in [0.717, 1.165) is 24.6 Å². The zero-order valence-corrected chi connectivity index (χ0v) is 11.6. The van der Waals surface area contributed by atoms with Crippen LogP contribution in [0.4, 0.5) is 10.1 Å². The third kappa shape index (κ3) is 4.61. The number of rotatable bonds is 5. The number of hydrogen-bond acceptors (Lipinski definition) is 5. The second-order valence-corrected chi connectivity index (χ2v) is 8.22. The average molecular weight is 295 g/mol. The predicted molar refractivity (Wildman–Crippen MR) is 67.7 cm³/mol. The molecule has 18 heavy (non-hydrogen) atoms. The van der Waals surface area contributed by atoms with Crippen molar-refractivity contribution in [2.24, 2.45) is 0 Å². The summed E-state index contributed by atoms with van der Waals surface area (Å²) >= 11 is 0. The lowest BCUT2D eigenvalue weighted by atomic mass is 10.3. The average Bonchev–Trinajstić information content (AvgIpc) is 2.13. The molecular weight excluding hydrogens is 281 g/mol. The van der Waals surface area contributed by atoms with Crippen LogP contribution in [0.1, 0.15) is 0 Å². The Balaban J connectivity index is 2.80. The molecule has 0 atom stereocenters. The molecule has 0 aliphatic rings. The molecular formula is C10H14FNO4S2. The van der Waals surface area contributed by atoms with Crippen LogP contribution in [-0.2, 0) is 19.7 Å². The molecule has 1 N–H and O–H groups in total. The molecule has 0 bridgehead atoms. The zero-order valence-electron chi connectivity index (χ0n) is 9.97. The molecule has 1 aromatic carbocycles. The maximum absolute atomic E-state index is 13.5. The summed E-state index contributed by atoms with van der Waals surface area (Å²) in [6, 6.07) is 3.56. The van der Waals surface area contributed by atoms with E-state index in [1.54, 1.807) is 0 Å². The van der Waals surface area contributed by atoms with Crippen LogP contribution in [0.5, 0.6) is 0 Å².